The minimum Gasteiger partial charge on any atom is -0.337 e. The van der Waals surface area contributed by atoms with Gasteiger partial charge in [0.15, 0.2) is 5.82 Å². The second-order valence-corrected chi connectivity index (χ2v) is 6.85. The Kier molecular flexibility index (Phi) is 3.48. The summed E-state index contributed by atoms with van der Waals surface area (Å²) in [5.74, 6) is 1.88. The molecular formula is C16H16BrN3O2. The summed E-state index contributed by atoms with van der Waals surface area (Å²) in [5.41, 5.74) is 0.684. The molecule has 1 saturated carbocycles. The predicted octanol–water partition coefficient (Wildman–Crippen LogP) is 3.69. The molecule has 0 spiro atoms. The molecule has 0 N–H and O–H groups in total. The molecule has 0 radical (unpaired) electrons. The van der Waals surface area contributed by atoms with Crippen molar-refractivity contribution in [3.8, 4) is 0 Å². The lowest BCUT2D eigenvalue weighted by atomic mass is 10.1. The van der Waals surface area contributed by atoms with Crippen LogP contribution in [0.4, 0.5) is 0 Å². The van der Waals surface area contributed by atoms with E-state index in [1.54, 1.807) is 0 Å². The van der Waals surface area contributed by atoms with Crippen LogP contribution in [0.5, 0.6) is 0 Å². The molecule has 5 nitrogen and oxygen atoms in total. The van der Waals surface area contributed by atoms with Crippen molar-refractivity contribution in [3.63, 3.8) is 0 Å². The van der Waals surface area contributed by atoms with Gasteiger partial charge >= 0.3 is 0 Å². The third kappa shape index (κ3) is 2.56. The number of carbonyl (C=O) groups excluding carboxylic acids is 1. The molecule has 1 aromatic heterocycles. The third-order valence-electron chi connectivity index (χ3n) is 4.27. The molecule has 2 fully saturated rings. The molecule has 1 aliphatic carbocycles. The molecule has 22 heavy (non-hydrogen) atoms. The average molecular weight is 362 g/mol. The number of nitrogens with zero attached hydrogens (tertiary/aromatic N) is 3. The highest BCUT2D eigenvalue weighted by Gasteiger charge is 2.36. The van der Waals surface area contributed by atoms with Gasteiger partial charge in [-0.25, -0.2) is 0 Å². The Labute approximate surface area is 136 Å². The number of hydrogen-bond acceptors (Lipinski definition) is 4. The van der Waals surface area contributed by atoms with Crippen LogP contribution in [0.1, 0.15) is 59.7 Å². The molecule has 1 amide bonds. The smallest absolute Gasteiger partial charge is 0.254 e. The quantitative estimate of drug-likeness (QED) is 0.836. The van der Waals surface area contributed by atoms with Crippen LogP contribution in [0.25, 0.3) is 0 Å². The van der Waals surface area contributed by atoms with E-state index in [1.165, 1.54) is 0 Å². The van der Waals surface area contributed by atoms with Gasteiger partial charge in [-0.3, -0.25) is 4.79 Å². The van der Waals surface area contributed by atoms with E-state index in [4.69, 9.17) is 4.52 Å². The normalized spacial score (nSPS) is 21.3. The number of hydrogen-bond donors (Lipinski definition) is 0. The summed E-state index contributed by atoms with van der Waals surface area (Å²) in [5, 5.41) is 4.07. The molecule has 2 heterocycles. The summed E-state index contributed by atoms with van der Waals surface area (Å²) in [6.07, 6.45) is 4.13. The monoisotopic (exact) mass is 361 g/mol. The molecule has 1 atom stereocenters. The maximum absolute atomic E-state index is 12.8. The number of likely N-dealkylation sites (tertiary alicyclic amines) is 1. The minimum atomic E-state index is -0.0912. The first-order valence-corrected chi connectivity index (χ1v) is 8.42. The fourth-order valence-electron chi connectivity index (χ4n) is 2.94. The number of benzene rings is 1. The van der Waals surface area contributed by atoms with Crippen molar-refractivity contribution in [2.24, 2.45) is 0 Å². The lowest BCUT2D eigenvalue weighted by Crippen LogP contribution is -2.30. The summed E-state index contributed by atoms with van der Waals surface area (Å²) >= 11 is 3.41. The van der Waals surface area contributed by atoms with Crippen LogP contribution in [0.3, 0.4) is 0 Å². The van der Waals surface area contributed by atoms with Gasteiger partial charge in [0, 0.05) is 22.5 Å². The first-order chi connectivity index (χ1) is 10.7. The van der Waals surface area contributed by atoms with Crippen molar-refractivity contribution in [3.05, 3.63) is 46.0 Å². The van der Waals surface area contributed by atoms with Gasteiger partial charge in [-0.05, 0) is 43.9 Å². The Morgan fingerprint density at radius 2 is 2.18 bits per heavy atom. The van der Waals surface area contributed by atoms with Gasteiger partial charge in [-0.2, -0.15) is 4.98 Å². The van der Waals surface area contributed by atoms with Crippen molar-refractivity contribution in [2.75, 3.05) is 6.54 Å². The lowest BCUT2D eigenvalue weighted by molar-refractivity contribution is 0.0710. The van der Waals surface area contributed by atoms with Gasteiger partial charge in [0.1, 0.15) is 6.04 Å². The van der Waals surface area contributed by atoms with Gasteiger partial charge in [-0.1, -0.05) is 27.2 Å². The Balaban J connectivity index is 1.58. The molecule has 114 valence electrons. The van der Waals surface area contributed by atoms with Crippen LogP contribution < -0.4 is 0 Å². The Bertz CT molecular complexity index is 711. The molecule has 1 aromatic carbocycles. The van der Waals surface area contributed by atoms with Gasteiger partial charge in [0.25, 0.3) is 5.91 Å². The first kappa shape index (κ1) is 13.9. The van der Waals surface area contributed by atoms with E-state index in [2.05, 4.69) is 26.1 Å². The van der Waals surface area contributed by atoms with E-state index < -0.39 is 0 Å². The number of halogens is 1. The largest absolute Gasteiger partial charge is 0.337 e. The zero-order valence-electron chi connectivity index (χ0n) is 12.0. The molecule has 1 aliphatic heterocycles. The Hall–Kier alpha value is -1.69. The first-order valence-electron chi connectivity index (χ1n) is 7.62. The molecule has 2 aliphatic rings. The molecule has 1 unspecified atom stereocenters. The SMILES string of the molecule is O=C(c1cccc(Br)c1)N1CCCC1c1nc(C2CC2)no1. The van der Waals surface area contributed by atoms with E-state index in [-0.39, 0.29) is 11.9 Å². The lowest BCUT2D eigenvalue weighted by Gasteiger charge is -2.22. The van der Waals surface area contributed by atoms with Crippen molar-refractivity contribution in [1.82, 2.24) is 15.0 Å². The Morgan fingerprint density at radius 3 is 2.95 bits per heavy atom. The van der Waals surface area contributed by atoms with Crippen molar-refractivity contribution in [2.45, 2.75) is 37.6 Å². The van der Waals surface area contributed by atoms with Gasteiger partial charge < -0.3 is 9.42 Å². The third-order valence-corrected chi connectivity index (χ3v) is 4.76. The predicted molar refractivity (Wildman–Crippen MR) is 83.4 cm³/mol. The van der Waals surface area contributed by atoms with Crippen LogP contribution in [-0.4, -0.2) is 27.5 Å². The van der Waals surface area contributed by atoms with E-state index in [0.29, 0.717) is 17.4 Å². The molecule has 1 saturated heterocycles. The van der Waals surface area contributed by atoms with Crippen LogP contribution in [-0.2, 0) is 0 Å². The van der Waals surface area contributed by atoms with Crippen molar-refractivity contribution in [1.29, 1.82) is 0 Å². The van der Waals surface area contributed by atoms with Crippen LogP contribution >= 0.6 is 15.9 Å². The summed E-state index contributed by atoms with van der Waals surface area (Å²) in [7, 11) is 0. The highest BCUT2D eigenvalue weighted by atomic mass is 79.9. The van der Waals surface area contributed by atoms with E-state index in [1.807, 2.05) is 29.2 Å². The van der Waals surface area contributed by atoms with Crippen LogP contribution in [0.15, 0.2) is 33.3 Å². The Morgan fingerprint density at radius 1 is 1.32 bits per heavy atom. The second kappa shape index (κ2) is 5.50. The van der Waals surface area contributed by atoms with Crippen molar-refractivity contribution < 1.29 is 9.32 Å². The summed E-state index contributed by atoms with van der Waals surface area (Å²) in [4.78, 5) is 19.1. The molecule has 6 heteroatoms. The number of carbonyl (C=O) groups is 1. The number of rotatable bonds is 3. The zero-order chi connectivity index (χ0) is 15.1. The number of aromatic nitrogens is 2. The zero-order valence-corrected chi connectivity index (χ0v) is 13.6. The minimum absolute atomic E-state index is 0.0231. The molecular weight excluding hydrogens is 346 g/mol. The fourth-order valence-corrected chi connectivity index (χ4v) is 3.34. The number of amides is 1. The summed E-state index contributed by atoms with van der Waals surface area (Å²) in [6, 6.07) is 7.39. The molecule has 2 aromatic rings. The van der Waals surface area contributed by atoms with Crippen molar-refractivity contribution >= 4 is 21.8 Å². The topological polar surface area (TPSA) is 59.2 Å². The second-order valence-electron chi connectivity index (χ2n) is 5.93. The standard InChI is InChI=1S/C16H16BrN3O2/c17-12-4-1-3-11(9-12)16(21)20-8-2-5-13(20)15-18-14(19-22-15)10-6-7-10/h1,3-4,9-10,13H,2,5-8H2. The van der Waals surface area contributed by atoms with Gasteiger partial charge in [-0.15, -0.1) is 0 Å². The highest BCUT2D eigenvalue weighted by Crippen LogP contribution is 2.40. The van der Waals surface area contributed by atoms with Gasteiger partial charge in [0.05, 0.1) is 0 Å². The van der Waals surface area contributed by atoms with Crippen LogP contribution in [0.2, 0.25) is 0 Å². The average Bonchev–Trinajstić information content (AvgIpc) is 3.07. The highest BCUT2D eigenvalue weighted by molar-refractivity contribution is 9.10. The molecule has 4 rings (SSSR count). The fraction of sp³-hybridized carbons (Fsp3) is 0.438. The maximum Gasteiger partial charge on any atom is 0.254 e. The van der Waals surface area contributed by atoms with E-state index in [9.17, 15) is 4.79 Å². The van der Waals surface area contributed by atoms with E-state index in [0.717, 1.165) is 42.5 Å². The summed E-state index contributed by atoms with van der Waals surface area (Å²) < 4.78 is 6.33. The summed E-state index contributed by atoms with van der Waals surface area (Å²) in [6.45, 7) is 0.733. The van der Waals surface area contributed by atoms with Gasteiger partial charge in [0.2, 0.25) is 5.89 Å². The van der Waals surface area contributed by atoms with Crippen LogP contribution in [0, 0.1) is 0 Å². The molecule has 0 bridgehead atoms. The maximum atomic E-state index is 12.8. The van der Waals surface area contributed by atoms with E-state index >= 15 is 0 Å².